The molecule has 31 heavy (non-hydrogen) atoms. The van der Waals surface area contributed by atoms with E-state index in [-0.39, 0.29) is 17.4 Å². The van der Waals surface area contributed by atoms with Gasteiger partial charge in [0.1, 0.15) is 12.0 Å². The summed E-state index contributed by atoms with van der Waals surface area (Å²) in [6, 6.07) is 8.08. The highest BCUT2D eigenvalue weighted by Gasteiger charge is 2.45. The number of amides is 2. The number of fused-ring (bicyclic) bond motifs is 1. The van der Waals surface area contributed by atoms with Gasteiger partial charge in [0, 0.05) is 48.5 Å². The second-order valence-electron chi connectivity index (χ2n) is 8.78. The maximum atomic E-state index is 13.5. The number of carbonyl (C=O) groups is 2. The molecular weight excluding hydrogens is 390 g/mol. The Labute approximate surface area is 181 Å². The fraction of sp³-hybridized carbons (Fsp3) is 0.417. The molecule has 2 aliphatic rings. The highest BCUT2D eigenvalue weighted by atomic mass is 16.2. The van der Waals surface area contributed by atoms with Gasteiger partial charge in [0.05, 0.1) is 5.56 Å². The topological polar surface area (TPSA) is 82.2 Å². The molecule has 1 N–H and O–H groups in total. The first kappa shape index (κ1) is 19.7. The average molecular weight is 418 g/mol. The molecule has 2 aliphatic heterocycles. The van der Waals surface area contributed by atoms with Crippen molar-refractivity contribution >= 4 is 22.7 Å². The molecule has 2 fully saturated rings. The zero-order chi connectivity index (χ0) is 21.4. The molecule has 160 valence electrons. The molecular formula is C24H27N5O2. The van der Waals surface area contributed by atoms with Gasteiger partial charge in [-0.15, -0.1) is 0 Å². The third-order valence-electron chi connectivity index (χ3n) is 6.97. The fourth-order valence-electron chi connectivity index (χ4n) is 5.32. The lowest BCUT2D eigenvalue weighted by Gasteiger charge is -2.38. The predicted molar refractivity (Wildman–Crippen MR) is 118 cm³/mol. The normalized spacial score (nSPS) is 21.6. The number of aromatic amines is 1. The molecule has 0 bridgehead atoms. The number of benzene rings is 1. The molecule has 5 rings (SSSR count). The van der Waals surface area contributed by atoms with E-state index in [0.717, 1.165) is 55.1 Å². The second kappa shape index (κ2) is 7.80. The number of carbonyl (C=O) groups excluding carboxylic acids is 2. The van der Waals surface area contributed by atoms with Gasteiger partial charge in [-0.25, -0.2) is 9.97 Å². The van der Waals surface area contributed by atoms with E-state index in [9.17, 15) is 9.59 Å². The quantitative estimate of drug-likeness (QED) is 0.691. The Bertz CT molecular complexity index is 1130. The van der Waals surface area contributed by atoms with Gasteiger partial charge in [0.25, 0.3) is 11.8 Å². The number of hydrogen-bond acceptors (Lipinski definition) is 4. The van der Waals surface area contributed by atoms with E-state index in [1.807, 2.05) is 23.1 Å². The SMILES string of the molecule is Cc1cccc2[nH]c(C(=O)N3CCC[C@]34CCCN(C(=O)c3cncnc3)CC4)cc12. The molecule has 2 amide bonds. The molecule has 0 aliphatic carbocycles. The van der Waals surface area contributed by atoms with Crippen LogP contribution in [0, 0.1) is 6.92 Å². The Morgan fingerprint density at radius 3 is 2.55 bits per heavy atom. The van der Waals surface area contributed by atoms with Crippen molar-refractivity contribution in [1.82, 2.24) is 24.8 Å². The zero-order valence-electron chi connectivity index (χ0n) is 17.8. The fourth-order valence-corrected chi connectivity index (χ4v) is 5.32. The van der Waals surface area contributed by atoms with Crippen molar-refractivity contribution in [2.45, 2.75) is 44.6 Å². The molecule has 0 unspecified atom stereocenters. The summed E-state index contributed by atoms with van der Waals surface area (Å²) in [6.07, 6.45) is 9.18. The predicted octanol–water partition coefficient (Wildman–Crippen LogP) is 3.57. The van der Waals surface area contributed by atoms with Crippen molar-refractivity contribution in [1.29, 1.82) is 0 Å². The Kier molecular flexibility index (Phi) is 4.96. The standard InChI is InChI=1S/C24H27N5O2/c1-17-5-2-6-20-19(17)13-21(27-20)23(31)29-11-4-8-24(29)7-3-10-28(12-9-24)22(30)18-14-25-16-26-15-18/h2,5-6,13-16,27H,3-4,7-12H2,1H3/t24-/m0/s1. The van der Waals surface area contributed by atoms with Crippen molar-refractivity contribution < 1.29 is 9.59 Å². The first-order valence-corrected chi connectivity index (χ1v) is 11.0. The smallest absolute Gasteiger partial charge is 0.270 e. The first-order chi connectivity index (χ1) is 15.1. The van der Waals surface area contributed by atoms with Crippen LogP contribution < -0.4 is 0 Å². The summed E-state index contributed by atoms with van der Waals surface area (Å²) in [6.45, 7) is 4.18. The maximum Gasteiger partial charge on any atom is 0.270 e. The number of nitrogens with zero attached hydrogens (tertiary/aromatic N) is 4. The van der Waals surface area contributed by atoms with Crippen molar-refractivity contribution in [3.8, 4) is 0 Å². The number of aromatic nitrogens is 3. The van der Waals surface area contributed by atoms with Crippen LogP contribution in [0.5, 0.6) is 0 Å². The molecule has 4 heterocycles. The van der Waals surface area contributed by atoms with Crippen LogP contribution in [0.25, 0.3) is 10.9 Å². The minimum atomic E-state index is -0.175. The van der Waals surface area contributed by atoms with Gasteiger partial charge in [-0.3, -0.25) is 9.59 Å². The lowest BCUT2D eigenvalue weighted by Crippen LogP contribution is -2.48. The van der Waals surface area contributed by atoms with Crippen LogP contribution in [0.15, 0.2) is 43.0 Å². The van der Waals surface area contributed by atoms with Crippen LogP contribution in [0.3, 0.4) is 0 Å². The molecule has 1 atom stereocenters. The number of rotatable bonds is 2. The monoisotopic (exact) mass is 417 g/mol. The van der Waals surface area contributed by atoms with Gasteiger partial charge in [-0.1, -0.05) is 12.1 Å². The first-order valence-electron chi connectivity index (χ1n) is 11.0. The van der Waals surface area contributed by atoms with E-state index in [1.54, 1.807) is 12.4 Å². The van der Waals surface area contributed by atoms with E-state index in [4.69, 9.17) is 0 Å². The van der Waals surface area contributed by atoms with Crippen molar-refractivity contribution in [3.63, 3.8) is 0 Å². The second-order valence-corrected chi connectivity index (χ2v) is 8.78. The third-order valence-corrected chi connectivity index (χ3v) is 6.97. The van der Waals surface area contributed by atoms with Crippen molar-refractivity contribution in [2.24, 2.45) is 0 Å². The molecule has 7 nitrogen and oxygen atoms in total. The molecule has 0 radical (unpaired) electrons. The van der Waals surface area contributed by atoms with Gasteiger partial charge in [0.2, 0.25) is 0 Å². The lowest BCUT2D eigenvalue weighted by atomic mass is 9.87. The van der Waals surface area contributed by atoms with E-state index >= 15 is 0 Å². The van der Waals surface area contributed by atoms with Gasteiger partial charge >= 0.3 is 0 Å². The van der Waals surface area contributed by atoms with E-state index in [1.165, 1.54) is 6.33 Å². The summed E-state index contributed by atoms with van der Waals surface area (Å²) < 4.78 is 0. The molecule has 1 aromatic carbocycles. The number of likely N-dealkylation sites (tertiary alicyclic amines) is 2. The molecule has 0 saturated carbocycles. The third kappa shape index (κ3) is 3.48. The van der Waals surface area contributed by atoms with Gasteiger partial charge in [0.15, 0.2) is 0 Å². The number of aryl methyl sites for hydroxylation is 1. The molecule has 7 heteroatoms. The van der Waals surface area contributed by atoms with Crippen molar-refractivity contribution in [3.05, 3.63) is 59.8 Å². The van der Waals surface area contributed by atoms with Crippen LogP contribution in [0.2, 0.25) is 0 Å². The average Bonchev–Trinajstić information content (AvgIpc) is 3.35. The van der Waals surface area contributed by atoms with E-state index in [0.29, 0.717) is 24.3 Å². The number of hydrogen-bond donors (Lipinski definition) is 1. The highest BCUT2D eigenvalue weighted by molar-refractivity contribution is 5.99. The van der Waals surface area contributed by atoms with E-state index in [2.05, 4.69) is 32.8 Å². The molecule has 1 spiro atoms. The summed E-state index contributed by atoms with van der Waals surface area (Å²) in [5.41, 5.74) is 3.17. The Morgan fingerprint density at radius 1 is 1.00 bits per heavy atom. The summed E-state index contributed by atoms with van der Waals surface area (Å²) in [5.74, 6) is 0.0453. The van der Waals surface area contributed by atoms with Crippen LogP contribution in [0.1, 0.15) is 58.5 Å². The van der Waals surface area contributed by atoms with Gasteiger partial charge in [-0.05, 0) is 56.7 Å². The summed E-state index contributed by atoms with van der Waals surface area (Å²) >= 11 is 0. The minimum absolute atomic E-state index is 0.0281. The number of nitrogens with one attached hydrogen (secondary N) is 1. The van der Waals surface area contributed by atoms with Crippen LogP contribution in [-0.4, -0.2) is 61.7 Å². The van der Waals surface area contributed by atoms with Crippen LogP contribution in [-0.2, 0) is 0 Å². The minimum Gasteiger partial charge on any atom is -0.351 e. The van der Waals surface area contributed by atoms with Crippen LogP contribution in [0.4, 0.5) is 0 Å². The Balaban J connectivity index is 1.37. The number of H-pyrrole nitrogens is 1. The molecule has 3 aromatic rings. The largest absolute Gasteiger partial charge is 0.351 e. The summed E-state index contributed by atoms with van der Waals surface area (Å²) in [5, 5.41) is 1.10. The van der Waals surface area contributed by atoms with Crippen LogP contribution >= 0.6 is 0 Å². The zero-order valence-corrected chi connectivity index (χ0v) is 17.8. The maximum absolute atomic E-state index is 13.5. The highest BCUT2D eigenvalue weighted by Crippen LogP contribution is 2.39. The lowest BCUT2D eigenvalue weighted by molar-refractivity contribution is 0.0550. The van der Waals surface area contributed by atoms with Gasteiger partial charge < -0.3 is 14.8 Å². The van der Waals surface area contributed by atoms with Crippen molar-refractivity contribution in [2.75, 3.05) is 19.6 Å². The van der Waals surface area contributed by atoms with E-state index < -0.39 is 0 Å². The Morgan fingerprint density at radius 2 is 1.77 bits per heavy atom. The molecule has 2 saturated heterocycles. The Hall–Kier alpha value is -3.22. The molecule has 2 aromatic heterocycles. The summed E-state index contributed by atoms with van der Waals surface area (Å²) in [7, 11) is 0. The summed E-state index contributed by atoms with van der Waals surface area (Å²) in [4.78, 5) is 41.7. The van der Waals surface area contributed by atoms with Gasteiger partial charge in [-0.2, -0.15) is 0 Å².